The monoisotopic (exact) mass is 309 g/mol. The highest BCUT2D eigenvalue weighted by molar-refractivity contribution is 9.10. The molecule has 94 valence electrons. The van der Waals surface area contributed by atoms with Gasteiger partial charge in [0.2, 0.25) is 5.91 Å². The molecule has 2 fully saturated rings. The van der Waals surface area contributed by atoms with Gasteiger partial charge in [0.15, 0.2) is 0 Å². The van der Waals surface area contributed by atoms with Crippen molar-refractivity contribution in [2.24, 2.45) is 5.92 Å². The van der Waals surface area contributed by atoms with Crippen LogP contribution in [0.1, 0.15) is 31.2 Å². The molecule has 1 aromatic rings. The molecule has 1 aliphatic heterocycles. The van der Waals surface area contributed by atoms with E-state index in [0.29, 0.717) is 10.4 Å². The van der Waals surface area contributed by atoms with E-state index in [9.17, 15) is 9.18 Å². The molecule has 0 atom stereocenters. The van der Waals surface area contributed by atoms with E-state index in [-0.39, 0.29) is 17.1 Å². The molecule has 1 heterocycles. The summed E-state index contributed by atoms with van der Waals surface area (Å²) in [6, 6.07) is 3.33. The van der Waals surface area contributed by atoms with Gasteiger partial charge in [-0.15, -0.1) is 0 Å². The van der Waals surface area contributed by atoms with Gasteiger partial charge in [0.1, 0.15) is 5.82 Å². The number of benzene rings is 1. The van der Waals surface area contributed by atoms with Crippen molar-refractivity contribution in [3.63, 3.8) is 0 Å². The number of halogens is 2. The zero-order valence-electron chi connectivity index (χ0n) is 9.88. The maximum Gasteiger partial charge on any atom is 0.237 e. The highest BCUT2D eigenvalue weighted by atomic mass is 79.9. The third-order valence-electron chi connectivity index (χ3n) is 4.39. The van der Waals surface area contributed by atoms with Crippen molar-refractivity contribution in [1.82, 2.24) is 0 Å². The van der Waals surface area contributed by atoms with Gasteiger partial charge < -0.3 is 4.90 Å². The van der Waals surface area contributed by atoms with Crippen LogP contribution in [0.25, 0.3) is 0 Å². The normalized spacial score (nSPS) is 23.7. The third kappa shape index (κ3) is 1.35. The second-order valence-corrected chi connectivity index (χ2v) is 6.58. The summed E-state index contributed by atoms with van der Waals surface area (Å²) in [5.41, 5.74) is 1.53. The summed E-state index contributed by atoms with van der Waals surface area (Å²) < 4.78 is 14.2. The second kappa shape index (κ2) is 3.35. The first-order chi connectivity index (χ1) is 8.62. The standard InChI is InChI=1S/C14H13BrFNO/c15-10-5-9-12(6-11(10)16)17(7-8-1-2-8)13(18)14(9)3-4-14/h5-6,8H,1-4,7H2. The van der Waals surface area contributed by atoms with Crippen molar-refractivity contribution in [3.05, 3.63) is 28.0 Å². The van der Waals surface area contributed by atoms with Crippen LogP contribution in [-0.2, 0) is 10.2 Å². The molecular weight excluding hydrogens is 297 g/mol. The van der Waals surface area contributed by atoms with Crippen molar-refractivity contribution >= 4 is 27.5 Å². The van der Waals surface area contributed by atoms with Crippen LogP contribution < -0.4 is 4.90 Å². The average Bonchev–Trinajstić information content (AvgIpc) is 3.22. The molecular formula is C14H13BrFNO. The Morgan fingerprint density at radius 2 is 2.11 bits per heavy atom. The third-order valence-corrected chi connectivity index (χ3v) is 4.99. The van der Waals surface area contributed by atoms with Crippen LogP contribution in [0.2, 0.25) is 0 Å². The average molecular weight is 310 g/mol. The highest BCUT2D eigenvalue weighted by Crippen LogP contribution is 2.58. The van der Waals surface area contributed by atoms with Crippen molar-refractivity contribution in [2.45, 2.75) is 31.1 Å². The van der Waals surface area contributed by atoms with Gasteiger partial charge in [-0.1, -0.05) is 0 Å². The maximum atomic E-state index is 13.7. The van der Waals surface area contributed by atoms with Crippen molar-refractivity contribution in [1.29, 1.82) is 0 Å². The van der Waals surface area contributed by atoms with Gasteiger partial charge in [-0.3, -0.25) is 4.79 Å². The summed E-state index contributed by atoms with van der Waals surface area (Å²) in [6.07, 6.45) is 4.23. The van der Waals surface area contributed by atoms with E-state index in [0.717, 1.165) is 30.6 Å². The van der Waals surface area contributed by atoms with E-state index < -0.39 is 0 Å². The maximum absolute atomic E-state index is 13.7. The molecule has 18 heavy (non-hydrogen) atoms. The van der Waals surface area contributed by atoms with Gasteiger partial charge in [0.05, 0.1) is 15.6 Å². The molecule has 3 aliphatic rings. The SMILES string of the molecule is O=C1N(CC2CC2)c2cc(F)c(Br)cc2C12CC2. The lowest BCUT2D eigenvalue weighted by molar-refractivity contribution is -0.120. The summed E-state index contributed by atoms with van der Waals surface area (Å²) >= 11 is 3.23. The topological polar surface area (TPSA) is 20.3 Å². The number of hydrogen-bond acceptors (Lipinski definition) is 1. The second-order valence-electron chi connectivity index (χ2n) is 5.72. The molecule has 1 spiro atoms. The molecule has 0 saturated heterocycles. The fourth-order valence-electron chi connectivity index (χ4n) is 2.97. The molecule has 0 aromatic heterocycles. The minimum absolute atomic E-state index is 0.196. The molecule has 0 unspecified atom stereocenters. The lowest BCUT2D eigenvalue weighted by atomic mass is 9.98. The molecule has 0 N–H and O–H groups in total. The van der Waals surface area contributed by atoms with Crippen molar-refractivity contribution in [2.75, 3.05) is 11.4 Å². The summed E-state index contributed by atoms with van der Waals surface area (Å²) in [4.78, 5) is 14.3. The van der Waals surface area contributed by atoms with Gasteiger partial charge in [-0.05, 0) is 65.2 Å². The molecule has 4 heteroatoms. The van der Waals surface area contributed by atoms with Crippen LogP contribution in [0.15, 0.2) is 16.6 Å². The molecule has 0 radical (unpaired) electrons. The van der Waals surface area contributed by atoms with Gasteiger partial charge in [-0.2, -0.15) is 0 Å². The summed E-state index contributed by atoms with van der Waals surface area (Å²) in [6.45, 7) is 0.772. The largest absolute Gasteiger partial charge is 0.311 e. The van der Waals surface area contributed by atoms with E-state index >= 15 is 0 Å². The van der Waals surface area contributed by atoms with Crippen LogP contribution in [0.4, 0.5) is 10.1 Å². The Morgan fingerprint density at radius 3 is 2.72 bits per heavy atom. The zero-order valence-corrected chi connectivity index (χ0v) is 11.5. The molecule has 1 amide bonds. The Balaban J connectivity index is 1.84. The van der Waals surface area contributed by atoms with E-state index in [4.69, 9.17) is 0 Å². The summed E-state index contributed by atoms with van der Waals surface area (Å²) in [5, 5.41) is 0. The quantitative estimate of drug-likeness (QED) is 0.820. The molecule has 1 aromatic carbocycles. The smallest absolute Gasteiger partial charge is 0.237 e. The van der Waals surface area contributed by atoms with Crippen LogP contribution in [0.5, 0.6) is 0 Å². The Labute approximate surface area is 113 Å². The van der Waals surface area contributed by atoms with Gasteiger partial charge >= 0.3 is 0 Å². The number of hydrogen-bond donors (Lipinski definition) is 0. The Kier molecular flexibility index (Phi) is 2.04. The number of amides is 1. The minimum Gasteiger partial charge on any atom is -0.311 e. The fourth-order valence-corrected chi connectivity index (χ4v) is 3.32. The number of carbonyl (C=O) groups excluding carboxylic acids is 1. The summed E-state index contributed by atoms with van der Waals surface area (Å²) in [7, 11) is 0. The lowest BCUT2D eigenvalue weighted by Gasteiger charge is -2.17. The van der Waals surface area contributed by atoms with Crippen LogP contribution >= 0.6 is 15.9 Å². The predicted molar refractivity (Wildman–Crippen MR) is 70.1 cm³/mol. The zero-order chi connectivity index (χ0) is 12.5. The highest BCUT2D eigenvalue weighted by Gasteiger charge is 2.59. The molecule has 4 rings (SSSR count). The minimum atomic E-state index is -0.305. The Morgan fingerprint density at radius 1 is 1.39 bits per heavy atom. The molecule has 0 bridgehead atoms. The van der Waals surface area contributed by atoms with Crippen LogP contribution in [0, 0.1) is 11.7 Å². The number of nitrogens with zero attached hydrogens (tertiary/aromatic N) is 1. The number of carbonyl (C=O) groups is 1. The van der Waals surface area contributed by atoms with Crippen molar-refractivity contribution in [3.8, 4) is 0 Å². The number of fused-ring (bicyclic) bond motifs is 2. The Bertz CT molecular complexity index is 563. The fraction of sp³-hybridized carbons (Fsp3) is 0.500. The van der Waals surface area contributed by atoms with Crippen LogP contribution in [-0.4, -0.2) is 12.5 Å². The molecule has 2 nitrogen and oxygen atoms in total. The summed E-state index contributed by atoms with van der Waals surface area (Å²) in [5.74, 6) is 0.546. The van der Waals surface area contributed by atoms with Gasteiger partial charge in [-0.25, -0.2) is 4.39 Å². The van der Waals surface area contributed by atoms with Gasteiger partial charge in [0, 0.05) is 6.54 Å². The van der Waals surface area contributed by atoms with E-state index in [2.05, 4.69) is 15.9 Å². The van der Waals surface area contributed by atoms with E-state index in [1.807, 2.05) is 11.0 Å². The predicted octanol–water partition coefficient (Wildman–Crippen LogP) is 3.38. The van der Waals surface area contributed by atoms with Gasteiger partial charge in [0.25, 0.3) is 0 Å². The first kappa shape index (κ1) is 11.0. The molecule has 2 aliphatic carbocycles. The lowest BCUT2D eigenvalue weighted by Crippen LogP contribution is -2.33. The Hall–Kier alpha value is -0.900. The first-order valence-electron chi connectivity index (χ1n) is 6.43. The van der Waals surface area contributed by atoms with Crippen LogP contribution in [0.3, 0.4) is 0 Å². The number of anilines is 1. The first-order valence-corrected chi connectivity index (χ1v) is 7.23. The number of rotatable bonds is 2. The molecule has 2 saturated carbocycles. The van der Waals surface area contributed by atoms with Crippen molar-refractivity contribution < 1.29 is 9.18 Å². The van der Waals surface area contributed by atoms with E-state index in [1.165, 1.54) is 18.9 Å². The van der Waals surface area contributed by atoms with E-state index in [1.54, 1.807) is 0 Å².